The molecular formula is C16H28N4. The second kappa shape index (κ2) is 9.37. The number of rotatable bonds is 7. The average molecular weight is 276 g/mol. The van der Waals surface area contributed by atoms with Gasteiger partial charge in [-0.15, -0.1) is 0 Å². The Morgan fingerprint density at radius 2 is 1.70 bits per heavy atom. The normalized spacial score (nSPS) is 12.1. The van der Waals surface area contributed by atoms with Gasteiger partial charge in [-0.3, -0.25) is 4.99 Å². The third-order valence-electron chi connectivity index (χ3n) is 3.19. The highest BCUT2D eigenvalue weighted by atomic mass is 15.2. The summed E-state index contributed by atoms with van der Waals surface area (Å²) in [5, 5.41) is 6.52. The molecule has 0 saturated heterocycles. The van der Waals surface area contributed by atoms with Gasteiger partial charge in [0.1, 0.15) is 0 Å². The van der Waals surface area contributed by atoms with Crippen LogP contribution in [-0.4, -0.2) is 50.6 Å². The molecule has 0 aliphatic rings. The molecule has 0 amide bonds. The van der Waals surface area contributed by atoms with E-state index in [2.05, 4.69) is 78.8 Å². The van der Waals surface area contributed by atoms with Crippen LogP contribution < -0.4 is 10.6 Å². The summed E-state index contributed by atoms with van der Waals surface area (Å²) in [6.45, 7) is 6.73. The Bertz CT molecular complexity index is 379. The molecule has 0 saturated carbocycles. The molecule has 0 bridgehead atoms. The molecule has 1 atom stereocenters. The lowest BCUT2D eigenvalue weighted by Crippen LogP contribution is -2.39. The van der Waals surface area contributed by atoms with Gasteiger partial charge < -0.3 is 15.5 Å². The zero-order valence-corrected chi connectivity index (χ0v) is 13.2. The van der Waals surface area contributed by atoms with Crippen LogP contribution in [0.3, 0.4) is 0 Å². The van der Waals surface area contributed by atoms with Crippen LogP contribution in [0.4, 0.5) is 0 Å². The predicted octanol–water partition coefficient (Wildman–Crippen LogP) is 1.73. The van der Waals surface area contributed by atoms with E-state index in [9.17, 15) is 0 Å². The van der Waals surface area contributed by atoms with Crippen LogP contribution in [0.15, 0.2) is 35.3 Å². The van der Waals surface area contributed by atoms with Crippen LogP contribution >= 0.6 is 0 Å². The minimum Gasteiger partial charge on any atom is -0.357 e. The van der Waals surface area contributed by atoms with Gasteiger partial charge in [0.05, 0.1) is 6.54 Å². The standard InChI is InChI=1S/C16H28N4/c1-5-17-16(18-6-2)19-13-15(20(3)4)12-14-10-8-7-9-11-14/h7-11,15H,5-6,12-13H2,1-4H3,(H2,17,18,19). The summed E-state index contributed by atoms with van der Waals surface area (Å²) < 4.78 is 0. The van der Waals surface area contributed by atoms with E-state index in [1.54, 1.807) is 0 Å². The van der Waals surface area contributed by atoms with E-state index >= 15 is 0 Å². The molecule has 1 unspecified atom stereocenters. The van der Waals surface area contributed by atoms with E-state index in [1.807, 2.05) is 0 Å². The fraction of sp³-hybridized carbons (Fsp3) is 0.562. The third kappa shape index (κ3) is 6.06. The van der Waals surface area contributed by atoms with Crippen molar-refractivity contribution in [3.8, 4) is 0 Å². The van der Waals surface area contributed by atoms with Crippen LogP contribution in [0.25, 0.3) is 0 Å². The molecule has 1 aromatic rings. The predicted molar refractivity (Wildman–Crippen MR) is 87.3 cm³/mol. The Hall–Kier alpha value is -1.55. The van der Waals surface area contributed by atoms with Gasteiger partial charge in [0.25, 0.3) is 0 Å². The van der Waals surface area contributed by atoms with Crippen molar-refractivity contribution < 1.29 is 0 Å². The van der Waals surface area contributed by atoms with Crippen LogP contribution in [0.2, 0.25) is 0 Å². The van der Waals surface area contributed by atoms with Crippen LogP contribution in [0, 0.1) is 0 Å². The molecule has 1 aromatic carbocycles. The van der Waals surface area contributed by atoms with Crippen molar-refractivity contribution in [2.24, 2.45) is 4.99 Å². The van der Waals surface area contributed by atoms with Crippen LogP contribution in [0.5, 0.6) is 0 Å². The van der Waals surface area contributed by atoms with Crippen molar-refractivity contribution in [2.75, 3.05) is 33.7 Å². The number of nitrogens with one attached hydrogen (secondary N) is 2. The number of nitrogens with zero attached hydrogens (tertiary/aromatic N) is 2. The van der Waals surface area contributed by atoms with Gasteiger partial charge in [-0.1, -0.05) is 30.3 Å². The van der Waals surface area contributed by atoms with Gasteiger partial charge >= 0.3 is 0 Å². The lowest BCUT2D eigenvalue weighted by atomic mass is 10.1. The highest BCUT2D eigenvalue weighted by molar-refractivity contribution is 5.79. The summed E-state index contributed by atoms with van der Waals surface area (Å²) in [6.07, 6.45) is 1.02. The zero-order chi connectivity index (χ0) is 14.8. The molecule has 4 nitrogen and oxygen atoms in total. The average Bonchev–Trinajstić information content (AvgIpc) is 2.44. The number of hydrogen-bond donors (Lipinski definition) is 2. The van der Waals surface area contributed by atoms with Gasteiger partial charge in [0.15, 0.2) is 5.96 Å². The quantitative estimate of drug-likeness (QED) is 0.588. The van der Waals surface area contributed by atoms with Gasteiger partial charge in [0.2, 0.25) is 0 Å². The first-order chi connectivity index (χ1) is 9.67. The Morgan fingerprint density at radius 3 is 2.20 bits per heavy atom. The molecule has 0 aliphatic carbocycles. The van der Waals surface area contributed by atoms with Gasteiger partial charge in [0, 0.05) is 19.1 Å². The lowest BCUT2D eigenvalue weighted by molar-refractivity contribution is 0.298. The summed E-state index contributed by atoms with van der Waals surface area (Å²) in [4.78, 5) is 6.92. The first-order valence-corrected chi connectivity index (χ1v) is 7.39. The topological polar surface area (TPSA) is 39.7 Å². The minimum absolute atomic E-state index is 0.407. The number of aliphatic imine (C=N–C) groups is 1. The van der Waals surface area contributed by atoms with E-state index in [-0.39, 0.29) is 0 Å². The SMILES string of the molecule is CCNC(=NCC(Cc1ccccc1)N(C)C)NCC. The van der Waals surface area contributed by atoms with Crippen LogP contribution in [0.1, 0.15) is 19.4 Å². The summed E-state index contributed by atoms with van der Waals surface area (Å²) >= 11 is 0. The molecular weight excluding hydrogens is 248 g/mol. The number of guanidine groups is 1. The molecule has 20 heavy (non-hydrogen) atoms. The maximum absolute atomic E-state index is 4.67. The summed E-state index contributed by atoms with van der Waals surface area (Å²) in [7, 11) is 4.23. The first kappa shape index (κ1) is 16.5. The second-order valence-electron chi connectivity index (χ2n) is 5.06. The molecule has 0 aliphatic heterocycles. The highest BCUT2D eigenvalue weighted by Gasteiger charge is 2.12. The fourth-order valence-corrected chi connectivity index (χ4v) is 2.00. The zero-order valence-electron chi connectivity index (χ0n) is 13.2. The van der Waals surface area contributed by atoms with Crippen molar-refractivity contribution >= 4 is 5.96 Å². The third-order valence-corrected chi connectivity index (χ3v) is 3.19. The monoisotopic (exact) mass is 276 g/mol. The van der Waals surface area contributed by atoms with Crippen molar-refractivity contribution in [3.05, 3.63) is 35.9 Å². The Balaban J connectivity index is 2.64. The fourth-order valence-electron chi connectivity index (χ4n) is 2.00. The van der Waals surface area contributed by atoms with Crippen molar-refractivity contribution in [3.63, 3.8) is 0 Å². The minimum atomic E-state index is 0.407. The highest BCUT2D eigenvalue weighted by Crippen LogP contribution is 2.07. The number of benzene rings is 1. The maximum Gasteiger partial charge on any atom is 0.191 e. The molecule has 1 rings (SSSR count). The Morgan fingerprint density at radius 1 is 1.10 bits per heavy atom. The van der Waals surface area contributed by atoms with Crippen molar-refractivity contribution in [1.29, 1.82) is 0 Å². The molecule has 2 N–H and O–H groups in total. The van der Waals surface area contributed by atoms with Crippen molar-refractivity contribution in [2.45, 2.75) is 26.3 Å². The summed E-state index contributed by atoms with van der Waals surface area (Å²) in [5.74, 6) is 0.898. The van der Waals surface area contributed by atoms with Crippen LogP contribution in [-0.2, 0) is 6.42 Å². The molecule has 0 aromatic heterocycles. The van der Waals surface area contributed by atoms with E-state index in [0.717, 1.165) is 32.0 Å². The maximum atomic E-state index is 4.67. The van der Waals surface area contributed by atoms with Crippen molar-refractivity contribution in [1.82, 2.24) is 15.5 Å². The largest absolute Gasteiger partial charge is 0.357 e. The summed E-state index contributed by atoms with van der Waals surface area (Å²) in [5.41, 5.74) is 1.36. The van der Waals surface area contributed by atoms with E-state index in [1.165, 1.54) is 5.56 Å². The van der Waals surface area contributed by atoms with Gasteiger partial charge in [-0.05, 0) is 39.9 Å². The Labute approximate surface area is 123 Å². The smallest absolute Gasteiger partial charge is 0.191 e. The van der Waals surface area contributed by atoms with Gasteiger partial charge in [-0.25, -0.2) is 0 Å². The number of hydrogen-bond acceptors (Lipinski definition) is 2. The van der Waals surface area contributed by atoms with E-state index in [0.29, 0.717) is 6.04 Å². The molecule has 0 radical (unpaired) electrons. The lowest BCUT2D eigenvalue weighted by Gasteiger charge is -2.23. The molecule has 0 heterocycles. The Kier molecular flexibility index (Phi) is 7.73. The number of likely N-dealkylation sites (N-methyl/N-ethyl adjacent to an activating group) is 1. The van der Waals surface area contributed by atoms with Gasteiger partial charge in [-0.2, -0.15) is 0 Å². The molecule has 0 spiro atoms. The first-order valence-electron chi connectivity index (χ1n) is 7.39. The molecule has 0 fully saturated rings. The molecule has 112 valence electrons. The second-order valence-corrected chi connectivity index (χ2v) is 5.06. The molecule has 4 heteroatoms. The summed E-state index contributed by atoms with van der Waals surface area (Å²) in [6, 6.07) is 11.0. The van der Waals surface area contributed by atoms with E-state index < -0.39 is 0 Å². The van der Waals surface area contributed by atoms with E-state index in [4.69, 9.17) is 0 Å².